The molecule has 106 valence electrons. The summed E-state index contributed by atoms with van der Waals surface area (Å²) < 4.78 is 5.51. The molecule has 1 aliphatic heterocycles. The van der Waals surface area contributed by atoms with Crippen LogP contribution in [0.25, 0.3) is 0 Å². The molecule has 0 aromatic heterocycles. The van der Waals surface area contributed by atoms with E-state index in [0.29, 0.717) is 30.7 Å². The van der Waals surface area contributed by atoms with Gasteiger partial charge in [0.2, 0.25) is 0 Å². The first-order valence-electron chi connectivity index (χ1n) is 6.97. The third-order valence-electron chi connectivity index (χ3n) is 3.77. The summed E-state index contributed by atoms with van der Waals surface area (Å²) >= 11 is 0. The minimum atomic E-state index is -0.153. The fourth-order valence-corrected chi connectivity index (χ4v) is 2.80. The average molecular weight is 265 g/mol. The molecule has 1 aliphatic carbocycles. The predicted octanol–water partition coefficient (Wildman–Crippen LogP) is 2.83. The number of Topliss-reactive ketones (excluding diaryl/α,β-unsaturated/α-hetero) is 1. The van der Waals surface area contributed by atoms with Crippen LogP contribution in [0, 0.1) is 5.41 Å². The number of rotatable bonds is 3. The third kappa shape index (κ3) is 3.44. The van der Waals surface area contributed by atoms with Gasteiger partial charge in [0, 0.05) is 25.2 Å². The normalized spacial score (nSPS) is 28.1. The van der Waals surface area contributed by atoms with Gasteiger partial charge >= 0.3 is 0 Å². The smallest absolute Gasteiger partial charge is 0.168 e. The van der Waals surface area contributed by atoms with E-state index in [1.54, 1.807) is 6.92 Å². The molecule has 1 saturated heterocycles. The largest absolute Gasteiger partial charge is 0.511 e. The molecule has 1 heterocycles. The number of nitrogens with zero attached hydrogens (tertiary/aromatic N) is 1. The maximum atomic E-state index is 12.1. The van der Waals surface area contributed by atoms with E-state index in [9.17, 15) is 9.90 Å². The van der Waals surface area contributed by atoms with Crippen molar-refractivity contribution in [2.75, 3.05) is 13.2 Å². The molecule has 0 bridgehead atoms. The van der Waals surface area contributed by atoms with Gasteiger partial charge in [-0.05, 0) is 25.2 Å². The lowest BCUT2D eigenvalue weighted by atomic mass is 9.76. The van der Waals surface area contributed by atoms with E-state index in [-0.39, 0.29) is 23.1 Å². The lowest BCUT2D eigenvalue weighted by molar-refractivity contribution is -0.117. The first kappa shape index (κ1) is 14.3. The highest BCUT2D eigenvalue weighted by molar-refractivity contribution is 6.22. The van der Waals surface area contributed by atoms with Crippen LogP contribution in [0.15, 0.2) is 16.3 Å². The fourth-order valence-electron chi connectivity index (χ4n) is 2.80. The van der Waals surface area contributed by atoms with Crippen LogP contribution in [0.3, 0.4) is 0 Å². The van der Waals surface area contributed by atoms with Crippen LogP contribution in [-0.4, -0.2) is 35.9 Å². The Morgan fingerprint density at radius 1 is 1.47 bits per heavy atom. The highest BCUT2D eigenvalue weighted by Crippen LogP contribution is 2.36. The Bertz CT molecular complexity index is 429. The standard InChI is InChI=1S/C15H23NO3/c1-10(16-9-11-5-4-6-19-11)14-12(17)7-15(2,3)8-13(14)18/h11,17H,4-9H2,1-3H3/t11-/m0/s1. The van der Waals surface area contributed by atoms with Crippen LogP contribution in [0.5, 0.6) is 0 Å². The second kappa shape index (κ2) is 5.45. The van der Waals surface area contributed by atoms with Gasteiger partial charge in [0.1, 0.15) is 5.76 Å². The Hall–Kier alpha value is -1.16. The van der Waals surface area contributed by atoms with Crippen LogP contribution >= 0.6 is 0 Å². The van der Waals surface area contributed by atoms with Gasteiger partial charge in [0.15, 0.2) is 5.78 Å². The number of carbonyl (C=O) groups is 1. The van der Waals surface area contributed by atoms with Crippen molar-refractivity contribution in [3.8, 4) is 0 Å². The molecule has 0 amide bonds. The van der Waals surface area contributed by atoms with Crippen LogP contribution < -0.4 is 0 Å². The quantitative estimate of drug-likeness (QED) is 0.798. The van der Waals surface area contributed by atoms with Crippen molar-refractivity contribution >= 4 is 11.5 Å². The topological polar surface area (TPSA) is 58.9 Å². The molecule has 0 aromatic rings. The highest BCUT2D eigenvalue weighted by atomic mass is 16.5. The average Bonchev–Trinajstić information content (AvgIpc) is 2.76. The van der Waals surface area contributed by atoms with Crippen LogP contribution in [0.2, 0.25) is 0 Å². The molecular weight excluding hydrogens is 242 g/mol. The molecule has 19 heavy (non-hydrogen) atoms. The van der Waals surface area contributed by atoms with Crippen molar-refractivity contribution in [2.45, 2.75) is 52.6 Å². The molecule has 0 radical (unpaired) electrons. The van der Waals surface area contributed by atoms with E-state index < -0.39 is 0 Å². The number of aliphatic hydroxyl groups is 1. The highest BCUT2D eigenvalue weighted by Gasteiger charge is 2.34. The summed E-state index contributed by atoms with van der Waals surface area (Å²) in [6.45, 7) is 7.18. The maximum Gasteiger partial charge on any atom is 0.168 e. The lowest BCUT2D eigenvalue weighted by Gasteiger charge is -2.29. The van der Waals surface area contributed by atoms with Crippen molar-refractivity contribution in [1.82, 2.24) is 0 Å². The number of hydrogen-bond donors (Lipinski definition) is 1. The van der Waals surface area contributed by atoms with Gasteiger partial charge in [0.05, 0.1) is 18.2 Å². The molecule has 4 nitrogen and oxygen atoms in total. The van der Waals surface area contributed by atoms with Crippen LogP contribution in [0.1, 0.15) is 46.5 Å². The zero-order valence-corrected chi connectivity index (χ0v) is 12.0. The van der Waals surface area contributed by atoms with Gasteiger partial charge in [-0.1, -0.05) is 13.8 Å². The van der Waals surface area contributed by atoms with Crippen LogP contribution in [-0.2, 0) is 9.53 Å². The molecule has 1 atom stereocenters. The molecular formula is C15H23NO3. The number of ether oxygens (including phenoxy) is 1. The van der Waals surface area contributed by atoms with Crippen molar-refractivity contribution in [2.24, 2.45) is 10.4 Å². The Labute approximate surface area is 114 Å². The van der Waals surface area contributed by atoms with Crippen LogP contribution in [0.4, 0.5) is 0 Å². The van der Waals surface area contributed by atoms with Gasteiger partial charge in [-0.2, -0.15) is 0 Å². The minimum Gasteiger partial charge on any atom is -0.511 e. The number of allylic oxidation sites excluding steroid dienone is 2. The van der Waals surface area contributed by atoms with E-state index in [1.807, 2.05) is 13.8 Å². The van der Waals surface area contributed by atoms with Crippen molar-refractivity contribution in [3.63, 3.8) is 0 Å². The molecule has 1 fully saturated rings. The third-order valence-corrected chi connectivity index (χ3v) is 3.77. The molecule has 2 rings (SSSR count). The van der Waals surface area contributed by atoms with Gasteiger partial charge in [-0.25, -0.2) is 0 Å². The maximum absolute atomic E-state index is 12.1. The molecule has 4 heteroatoms. The van der Waals surface area contributed by atoms with E-state index in [1.165, 1.54) is 0 Å². The second-order valence-corrected chi connectivity index (χ2v) is 6.32. The molecule has 1 N–H and O–H groups in total. The number of carbonyl (C=O) groups excluding carboxylic acids is 1. The zero-order valence-electron chi connectivity index (χ0n) is 12.0. The van der Waals surface area contributed by atoms with Gasteiger partial charge in [-0.3, -0.25) is 9.79 Å². The Morgan fingerprint density at radius 3 is 2.79 bits per heavy atom. The first-order valence-corrected chi connectivity index (χ1v) is 6.97. The summed E-state index contributed by atoms with van der Waals surface area (Å²) in [5.41, 5.74) is 0.922. The lowest BCUT2D eigenvalue weighted by Crippen LogP contribution is -2.28. The second-order valence-electron chi connectivity index (χ2n) is 6.32. The fraction of sp³-hybridized carbons (Fsp3) is 0.733. The monoisotopic (exact) mass is 265 g/mol. The molecule has 0 aromatic carbocycles. The van der Waals surface area contributed by atoms with Crippen molar-refractivity contribution in [3.05, 3.63) is 11.3 Å². The van der Waals surface area contributed by atoms with Gasteiger partial charge in [-0.15, -0.1) is 0 Å². The first-order chi connectivity index (χ1) is 8.89. The molecule has 2 aliphatic rings. The van der Waals surface area contributed by atoms with E-state index in [4.69, 9.17) is 4.74 Å². The Kier molecular flexibility index (Phi) is 4.09. The Morgan fingerprint density at radius 2 is 2.21 bits per heavy atom. The summed E-state index contributed by atoms with van der Waals surface area (Å²) in [4.78, 5) is 16.6. The summed E-state index contributed by atoms with van der Waals surface area (Å²) in [6.07, 6.45) is 3.30. The SMILES string of the molecule is CC(=NC[C@@H]1CCCO1)C1=C(O)CC(C)(C)CC1=O. The zero-order chi connectivity index (χ0) is 14.0. The summed E-state index contributed by atoms with van der Waals surface area (Å²) in [5, 5.41) is 10.1. The van der Waals surface area contributed by atoms with Gasteiger partial charge < -0.3 is 9.84 Å². The number of aliphatic imine (C=N–C) groups is 1. The number of hydrogen-bond acceptors (Lipinski definition) is 4. The molecule has 0 unspecified atom stereocenters. The Balaban J connectivity index is 2.10. The van der Waals surface area contributed by atoms with Crippen molar-refractivity contribution in [1.29, 1.82) is 0 Å². The minimum absolute atomic E-state index is 0.00217. The number of ketones is 1. The summed E-state index contributed by atoms with van der Waals surface area (Å²) in [5.74, 6) is 0.192. The van der Waals surface area contributed by atoms with Crippen molar-refractivity contribution < 1.29 is 14.6 Å². The summed E-state index contributed by atoms with van der Waals surface area (Å²) in [6, 6.07) is 0. The van der Waals surface area contributed by atoms with E-state index in [2.05, 4.69) is 4.99 Å². The van der Waals surface area contributed by atoms with E-state index >= 15 is 0 Å². The number of aliphatic hydroxyl groups excluding tert-OH is 1. The predicted molar refractivity (Wildman–Crippen MR) is 74.6 cm³/mol. The summed E-state index contributed by atoms with van der Waals surface area (Å²) in [7, 11) is 0. The molecule has 0 saturated carbocycles. The van der Waals surface area contributed by atoms with E-state index in [0.717, 1.165) is 19.4 Å². The van der Waals surface area contributed by atoms with Gasteiger partial charge in [0.25, 0.3) is 0 Å². The molecule has 0 spiro atoms.